The first-order valence-electron chi connectivity index (χ1n) is 15.3. The Morgan fingerprint density at radius 1 is 1.11 bits per heavy atom. The maximum absolute atomic E-state index is 14.0. The first-order valence-corrected chi connectivity index (χ1v) is 15.6. The Hall–Kier alpha value is -4.34. The molecule has 1 aliphatic carbocycles. The molecule has 4 aromatic rings. The summed E-state index contributed by atoms with van der Waals surface area (Å²) in [6, 6.07) is 13.8. The lowest BCUT2D eigenvalue weighted by atomic mass is 10.1. The number of fused-ring (bicyclic) bond motifs is 2. The summed E-state index contributed by atoms with van der Waals surface area (Å²) in [7, 11) is 8.08. The van der Waals surface area contributed by atoms with Crippen LogP contribution in [0.15, 0.2) is 65.4 Å². The number of carbonyl (C=O) groups excluding carboxylic acids is 2. The standard InChI is InChI=1S/C35H39ClN5O4/c1-23-25-20-33(27(36)21-32(25)44-30(23)12-13-34(42)38(2)18-19-41(3,4)5)45-31-14-15-37-22-26(31)35(43)40-17-16-39(24-10-11-24)28-8-6-7-9-29(28)40/h6-9,12-15,20-22,24H,10-11,16-19H2,1-5H3/q+1. The Balaban J connectivity index is 1.23. The molecule has 9 nitrogen and oxygen atoms in total. The molecule has 45 heavy (non-hydrogen) atoms. The quantitative estimate of drug-likeness (QED) is 0.158. The average molecular weight is 629 g/mol. The van der Waals surface area contributed by atoms with Gasteiger partial charge in [-0.1, -0.05) is 23.7 Å². The van der Waals surface area contributed by atoms with E-state index in [9.17, 15) is 9.59 Å². The largest absolute Gasteiger partial charge is 0.456 e. The molecule has 0 atom stereocenters. The number of ether oxygens (including phenoxy) is 1. The summed E-state index contributed by atoms with van der Waals surface area (Å²) in [6.45, 7) is 4.77. The van der Waals surface area contributed by atoms with Crippen molar-refractivity contribution in [2.75, 3.05) is 64.2 Å². The fourth-order valence-corrected chi connectivity index (χ4v) is 5.76. The van der Waals surface area contributed by atoms with Crippen molar-refractivity contribution in [3.05, 3.63) is 82.8 Å². The van der Waals surface area contributed by atoms with Gasteiger partial charge in [-0.2, -0.15) is 0 Å². The summed E-state index contributed by atoms with van der Waals surface area (Å²) in [4.78, 5) is 36.8. The highest BCUT2D eigenvalue weighted by atomic mass is 35.5. The van der Waals surface area contributed by atoms with Crippen LogP contribution in [0, 0.1) is 6.92 Å². The number of anilines is 2. The van der Waals surface area contributed by atoms with Gasteiger partial charge in [0, 0.05) is 61.7 Å². The van der Waals surface area contributed by atoms with Crippen LogP contribution in [0.4, 0.5) is 11.4 Å². The van der Waals surface area contributed by atoms with E-state index in [0.29, 0.717) is 52.6 Å². The number of hydrogen-bond donors (Lipinski definition) is 0. The van der Waals surface area contributed by atoms with Gasteiger partial charge in [-0.05, 0) is 50.1 Å². The van der Waals surface area contributed by atoms with Gasteiger partial charge in [0.1, 0.15) is 28.4 Å². The molecule has 2 aromatic heterocycles. The number of aromatic nitrogens is 1. The van der Waals surface area contributed by atoms with Crippen LogP contribution in [0.3, 0.4) is 0 Å². The molecule has 2 aromatic carbocycles. The van der Waals surface area contributed by atoms with Crippen LogP contribution in [-0.2, 0) is 4.79 Å². The van der Waals surface area contributed by atoms with Gasteiger partial charge in [0.15, 0.2) is 0 Å². The number of nitrogens with zero attached hydrogens (tertiary/aromatic N) is 5. The monoisotopic (exact) mass is 628 g/mol. The number of amides is 2. The number of para-hydroxylation sites is 2. The number of aryl methyl sites for hydroxylation is 1. The second kappa shape index (κ2) is 12.2. The lowest BCUT2D eigenvalue weighted by molar-refractivity contribution is -0.869. The van der Waals surface area contributed by atoms with E-state index in [-0.39, 0.29) is 11.8 Å². The molecule has 3 heterocycles. The molecule has 2 amide bonds. The Bertz CT molecular complexity index is 1790. The third-order valence-corrected chi connectivity index (χ3v) is 8.69. The molecule has 1 fully saturated rings. The Labute approximate surface area is 268 Å². The first kappa shape index (κ1) is 30.7. The Morgan fingerprint density at radius 3 is 2.60 bits per heavy atom. The third-order valence-electron chi connectivity index (χ3n) is 8.40. The van der Waals surface area contributed by atoms with Crippen molar-refractivity contribution in [2.24, 2.45) is 0 Å². The van der Waals surface area contributed by atoms with E-state index in [1.165, 1.54) is 18.9 Å². The van der Waals surface area contributed by atoms with Crippen LogP contribution in [0.2, 0.25) is 5.02 Å². The number of pyridine rings is 1. The molecule has 0 spiro atoms. The maximum Gasteiger partial charge on any atom is 0.263 e. The normalized spacial score (nSPS) is 15.1. The minimum absolute atomic E-state index is 0.100. The first-order chi connectivity index (χ1) is 21.5. The zero-order chi connectivity index (χ0) is 31.9. The second-order valence-corrected chi connectivity index (χ2v) is 13.2. The third kappa shape index (κ3) is 6.55. The number of quaternary nitrogens is 1. The number of rotatable bonds is 9. The Kier molecular flexibility index (Phi) is 8.33. The fourth-order valence-electron chi connectivity index (χ4n) is 5.57. The fraction of sp³-hybridized carbons (Fsp3) is 0.343. The number of benzene rings is 2. The second-order valence-electron chi connectivity index (χ2n) is 12.8. The zero-order valence-electron chi connectivity index (χ0n) is 26.4. The molecule has 2 aliphatic rings. The highest BCUT2D eigenvalue weighted by Gasteiger charge is 2.36. The molecular weight excluding hydrogens is 590 g/mol. The van der Waals surface area contributed by atoms with E-state index in [1.54, 1.807) is 48.6 Å². The van der Waals surface area contributed by atoms with Crippen molar-refractivity contribution >= 4 is 51.8 Å². The van der Waals surface area contributed by atoms with Gasteiger partial charge >= 0.3 is 0 Å². The van der Waals surface area contributed by atoms with Crippen molar-refractivity contribution in [3.63, 3.8) is 0 Å². The SMILES string of the molecule is Cc1c(C=CC(=O)N(C)CC[N+](C)(C)C)oc2cc(Cl)c(Oc3ccncc3C(=O)N3CCN(C4CC4)c4ccccc43)cc12. The summed E-state index contributed by atoms with van der Waals surface area (Å²) in [5.74, 6) is 1.04. The zero-order valence-corrected chi connectivity index (χ0v) is 27.2. The number of likely N-dealkylation sites (N-methyl/N-ethyl adjacent to an activating group) is 2. The van der Waals surface area contributed by atoms with E-state index in [2.05, 4.69) is 37.1 Å². The average Bonchev–Trinajstić information content (AvgIpc) is 3.82. The molecule has 1 aliphatic heterocycles. The van der Waals surface area contributed by atoms with Gasteiger partial charge in [0.05, 0.1) is 50.6 Å². The summed E-state index contributed by atoms with van der Waals surface area (Å²) >= 11 is 6.67. The molecule has 0 N–H and O–H groups in total. The molecule has 6 rings (SSSR count). The van der Waals surface area contributed by atoms with E-state index in [4.69, 9.17) is 20.8 Å². The number of carbonyl (C=O) groups is 2. The molecule has 0 radical (unpaired) electrons. The molecular formula is C35H39ClN5O4+. The molecule has 10 heteroatoms. The predicted octanol–water partition coefficient (Wildman–Crippen LogP) is 6.39. The van der Waals surface area contributed by atoms with Gasteiger partial charge in [0.2, 0.25) is 5.91 Å². The highest BCUT2D eigenvalue weighted by molar-refractivity contribution is 6.32. The number of halogens is 1. The summed E-state index contributed by atoms with van der Waals surface area (Å²) in [6.07, 6.45) is 8.73. The molecule has 0 unspecified atom stereocenters. The minimum Gasteiger partial charge on any atom is -0.456 e. The van der Waals surface area contributed by atoms with Crippen LogP contribution in [0.5, 0.6) is 11.5 Å². The van der Waals surface area contributed by atoms with Gasteiger partial charge < -0.3 is 28.3 Å². The number of furan rings is 1. The molecule has 234 valence electrons. The molecule has 1 saturated carbocycles. The summed E-state index contributed by atoms with van der Waals surface area (Å²) in [5.41, 5.74) is 3.75. The van der Waals surface area contributed by atoms with E-state index in [1.807, 2.05) is 30.0 Å². The van der Waals surface area contributed by atoms with Crippen molar-refractivity contribution in [1.29, 1.82) is 0 Å². The van der Waals surface area contributed by atoms with Gasteiger partial charge in [0.25, 0.3) is 5.91 Å². The van der Waals surface area contributed by atoms with Crippen molar-refractivity contribution in [3.8, 4) is 11.5 Å². The Morgan fingerprint density at radius 2 is 1.87 bits per heavy atom. The van der Waals surface area contributed by atoms with Crippen LogP contribution in [-0.4, -0.2) is 86.6 Å². The van der Waals surface area contributed by atoms with Gasteiger partial charge in [-0.25, -0.2) is 0 Å². The smallest absolute Gasteiger partial charge is 0.263 e. The predicted molar refractivity (Wildman–Crippen MR) is 178 cm³/mol. The lowest BCUT2D eigenvalue weighted by Crippen LogP contribution is -2.45. The van der Waals surface area contributed by atoms with E-state index < -0.39 is 0 Å². The van der Waals surface area contributed by atoms with Gasteiger partial charge in [-0.3, -0.25) is 14.6 Å². The van der Waals surface area contributed by atoms with Crippen LogP contribution in [0.25, 0.3) is 17.0 Å². The summed E-state index contributed by atoms with van der Waals surface area (Å²) < 4.78 is 13.1. The molecule has 0 bridgehead atoms. The van der Waals surface area contributed by atoms with Crippen molar-refractivity contribution in [1.82, 2.24) is 9.88 Å². The van der Waals surface area contributed by atoms with Gasteiger partial charge in [-0.15, -0.1) is 0 Å². The van der Waals surface area contributed by atoms with Crippen LogP contribution >= 0.6 is 11.6 Å². The van der Waals surface area contributed by atoms with Crippen molar-refractivity contribution < 1.29 is 23.2 Å². The van der Waals surface area contributed by atoms with E-state index in [0.717, 1.165) is 39.9 Å². The van der Waals surface area contributed by atoms with Crippen molar-refractivity contribution in [2.45, 2.75) is 25.8 Å². The van der Waals surface area contributed by atoms with Crippen LogP contribution in [0.1, 0.15) is 34.5 Å². The lowest BCUT2D eigenvalue weighted by Gasteiger charge is -2.38. The van der Waals surface area contributed by atoms with Crippen LogP contribution < -0.4 is 14.5 Å². The minimum atomic E-state index is -0.179. The topological polar surface area (TPSA) is 79.1 Å². The highest BCUT2D eigenvalue weighted by Crippen LogP contribution is 2.42. The number of hydrogen-bond acceptors (Lipinski definition) is 6. The van der Waals surface area contributed by atoms with E-state index >= 15 is 0 Å². The summed E-state index contributed by atoms with van der Waals surface area (Å²) in [5, 5.41) is 1.13. The molecule has 0 saturated heterocycles. The maximum atomic E-state index is 14.0.